The van der Waals surface area contributed by atoms with Crippen molar-refractivity contribution in [2.24, 2.45) is 11.7 Å². The SMILES string of the molecule is Cc1nc(COc2ccccc2C(=O)N2CCC(C(N)=O)CC2)no1. The number of aryl methyl sites for hydroxylation is 1. The summed E-state index contributed by atoms with van der Waals surface area (Å²) in [6.07, 6.45) is 1.18. The summed E-state index contributed by atoms with van der Waals surface area (Å²) in [5, 5.41) is 3.77. The second kappa shape index (κ2) is 7.33. The summed E-state index contributed by atoms with van der Waals surface area (Å²) in [7, 11) is 0. The molecule has 3 rings (SSSR count). The third-order valence-corrected chi connectivity index (χ3v) is 4.23. The van der Waals surface area contributed by atoms with Crippen LogP contribution in [0.15, 0.2) is 28.8 Å². The first-order valence-corrected chi connectivity index (χ1v) is 8.14. The summed E-state index contributed by atoms with van der Waals surface area (Å²) >= 11 is 0. The van der Waals surface area contributed by atoms with Crippen molar-refractivity contribution in [3.05, 3.63) is 41.5 Å². The molecule has 2 aromatic rings. The van der Waals surface area contributed by atoms with Crippen LogP contribution in [0.2, 0.25) is 0 Å². The van der Waals surface area contributed by atoms with Crippen molar-refractivity contribution in [2.45, 2.75) is 26.4 Å². The van der Waals surface area contributed by atoms with E-state index in [1.165, 1.54) is 0 Å². The summed E-state index contributed by atoms with van der Waals surface area (Å²) in [5.74, 6) is 0.764. The number of para-hydroxylation sites is 1. The molecule has 1 fully saturated rings. The molecule has 0 atom stereocenters. The van der Waals surface area contributed by atoms with Crippen LogP contribution in [0.25, 0.3) is 0 Å². The highest BCUT2D eigenvalue weighted by Crippen LogP contribution is 2.24. The molecule has 2 N–H and O–H groups in total. The number of rotatable bonds is 5. The molecule has 1 saturated heterocycles. The Bertz CT molecular complexity index is 766. The number of carbonyl (C=O) groups excluding carboxylic acids is 2. The first-order valence-electron chi connectivity index (χ1n) is 8.14. The second-order valence-electron chi connectivity index (χ2n) is 5.98. The van der Waals surface area contributed by atoms with E-state index in [4.69, 9.17) is 15.0 Å². The van der Waals surface area contributed by atoms with Gasteiger partial charge < -0.3 is 19.9 Å². The van der Waals surface area contributed by atoms with Gasteiger partial charge >= 0.3 is 0 Å². The van der Waals surface area contributed by atoms with Gasteiger partial charge in [0.1, 0.15) is 5.75 Å². The fourth-order valence-electron chi connectivity index (χ4n) is 2.85. The number of nitrogens with two attached hydrogens (primary N) is 1. The van der Waals surface area contributed by atoms with Gasteiger partial charge in [0.25, 0.3) is 5.91 Å². The van der Waals surface area contributed by atoms with E-state index in [0.29, 0.717) is 49.0 Å². The van der Waals surface area contributed by atoms with Gasteiger partial charge in [-0.05, 0) is 25.0 Å². The summed E-state index contributed by atoms with van der Waals surface area (Å²) in [6, 6.07) is 7.04. The van der Waals surface area contributed by atoms with E-state index in [0.717, 1.165) is 0 Å². The van der Waals surface area contributed by atoms with Crippen LogP contribution in [0, 0.1) is 12.8 Å². The third-order valence-electron chi connectivity index (χ3n) is 4.23. The number of amides is 2. The highest BCUT2D eigenvalue weighted by molar-refractivity contribution is 5.97. The molecule has 8 heteroatoms. The lowest BCUT2D eigenvalue weighted by molar-refractivity contribution is -0.123. The lowest BCUT2D eigenvalue weighted by Gasteiger charge is -2.31. The molecule has 1 aromatic carbocycles. The quantitative estimate of drug-likeness (QED) is 0.875. The van der Waals surface area contributed by atoms with Crippen molar-refractivity contribution in [1.29, 1.82) is 0 Å². The van der Waals surface area contributed by atoms with E-state index in [1.54, 1.807) is 36.1 Å². The van der Waals surface area contributed by atoms with Crippen LogP contribution in [0.5, 0.6) is 5.75 Å². The van der Waals surface area contributed by atoms with Gasteiger partial charge in [-0.3, -0.25) is 9.59 Å². The number of aromatic nitrogens is 2. The van der Waals surface area contributed by atoms with E-state index in [1.807, 2.05) is 0 Å². The number of hydrogen-bond acceptors (Lipinski definition) is 6. The first-order chi connectivity index (χ1) is 12.0. The predicted octanol–water partition coefficient (Wildman–Crippen LogP) is 1.29. The van der Waals surface area contributed by atoms with Crippen molar-refractivity contribution in [1.82, 2.24) is 15.0 Å². The molecule has 2 heterocycles. The minimum atomic E-state index is -0.300. The molecular weight excluding hydrogens is 324 g/mol. The Balaban J connectivity index is 1.67. The van der Waals surface area contributed by atoms with Crippen molar-refractivity contribution in [2.75, 3.05) is 13.1 Å². The number of nitrogens with zero attached hydrogens (tertiary/aromatic N) is 3. The van der Waals surface area contributed by atoms with Gasteiger partial charge in [-0.2, -0.15) is 4.98 Å². The molecular formula is C17H20N4O4. The fourth-order valence-corrected chi connectivity index (χ4v) is 2.85. The van der Waals surface area contributed by atoms with E-state index >= 15 is 0 Å². The van der Waals surface area contributed by atoms with Gasteiger partial charge in [0.05, 0.1) is 5.56 Å². The number of hydrogen-bond donors (Lipinski definition) is 1. The highest BCUT2D eigenvalue weighted by atomic mass is 16.5. The van der Waals surface area contributed by atoms with Gasteiger partial charge in [-0.25, -0.2) is 0 Å². The fraction of sp³-hybridized carbons (Fsp3) is 0.412. The van der Waals surface area contributed by atoms with E-state index in [2.05, 4.69) is 10.1 Å². The monoisotopic (exact) mass is 344 g/mol. The van der Waals surface area contributed by atoms with Gasteiger partial charge in [0.2, 0.25) is 17.6 Å². The van der Waals surface area contributed by atoms with Gasteiger partial charge in [0.15, 0.2) is 6.61 Å². The van der Waals surface area contributed by atoms with Crippen molar-refractivity contribution < 1.29 is 18.8 Å². The molecule has 132 valence electrons. The molecule has 1 aliphatic rings. The van der Waals surface area contributed by atoms with Crippen LogP contribution in [0.3, 0.4) is 0 Å². The molecule has 1 aliphatic heterocycles. The smallest absolute Gasteiger partial charge is 0.257 e. The standard InChI is InChI=1S/C17H20N4O4/c1-11-19-15(20-25-11)10-24-14-5-3-2-4-13(14)17(23)21-8-6-12(7-9-21)16(18)22/h2-5,12H,6-10H2,1H3,(H2,18,22). The maximum absolute atomic E-state index is 12.8. The molecule has 25 heavy (non-hydrogen) atoms. The van der Waals surface area contributed by atoms with Crippen LogP contribution in [-0.2, 0) is 11.4 Å². The van der Waals surface area contributed by atoms with Gasteiger partial charge in [-0.15, -0.1) is 0 Å². The summed E-state index contributed by atoms with van der Waals surface area (Å²) in [4.78, 5) is 29.8. The predicted molar refractivity (Wildman–Crippen MR) is 87.6 cm³/mol. The topological polar surface area (TPSA) is 112 Å². The van der Waals surface area contributed by atoms with E-state index in [-0.39, 0.29) is 24.3 Å². The number of primary amides is 1. The maximum atomic E-state index is 12.8. The Morgan fingerprint density at radius 2 is 2.04 bits per heavy atom. The number of likely N-dealkylation sites (tertiary alicyclic amines) is 1. The van der Waals surface area contributed by atoms with E-state index in [9.17, 15) is 9.59 Å². The minimum absolute atomic E-state index is 0.116. The Morgan fingerprint density at radius 1 is 1.32 bits per heavy atom. The minimum Gasteiger partial charge on any atom is -0.485 e. The van der Waals surface area contributed by atoms with Gasteiger partial charge in [-0.1, -0.05) is 17.3 Å². The highest BCUT2D eigenvalue weighted by Gasteiger charge is 2.27. The van der Waals surface area contributed by atoms with Crippen molar-refractivity contribution in [3.63, 3.8) is 0 Å². The van der Waals surface area contributed by atoms with Crippen LogP contribution >= 0.6 is 0 Å². The zero-order valence-electron chi connectivity index (χ0n) is 14.0. The van der Waals surface area contributed by atoms with Crippen LogP contribution in [-0.4, -0.2) is 39.9 Å². The molecule has 2 amide bonds. The second-order valence-corrected chi connectivity index (χ2v) is 5.98. The third kappa shape index (κ3) is 3.96. The zero-order valence-corrected chi connectivity index (χ0v) is 14.0. The Morgan fingerprint density at radius 3 is 2.68 bits per heavy atom. The average molecular weight is 344 g/mol. The molecule has 0 radical (unpaired) electrons. The molecule has 0 bridgehead atoms. The van der Waals surface area contributed by atoms with E-state index < -0.39 is 0 Å². The molecule has 1 aromatic heterocycles. The Labute approximate surface area is 144 Å². The first kappa shape index (κ1) is 16.9. The lowest BCUT2D eigenvalue weighted by Crippen LogP contribution is -2.41. The number of carbonyl (C=O) groups is 2. The van der Waals surface area contributed by atoms with Crippen molar-refractivity contribution >= 4 is 11.8 Å². The molecule has 0 saturated carbocycles. The molecule has 0 unspecified atom stereocenters. The summed E-state index contributed by atoms with van der Waals surface area (Å²) in [6.45, 7) is 2.82. The summed E-state index contributed by atoms with van der Waals surface area (Å²) < 4.78 is 10.6. The van der Waals surface area contributed by atoms with Crippen LogP contribution in [0.1, 0.15) is 34.9 Å². The normalized spacial score (nSPS) is 15.2. The molecule has 8 nitrogen and oxygen atoms in total. The molecule has 0 spiro atoms. The van der Waals surface area contributed by atoms with Gasteiger partial charge in [0, 0.05) is 25.9 Å². The summed E-state index contributed by atoms with van der Waals surface area (Å²) in [5.41, 5.74) is 5.81. The zero-order chi connectivity index (χ0) is 17.8. The Kier molecular flexibility index (Phi) is 4.97. The average Bonchev–Trinajstić information content (AvgIpc) is 3.05. The molecule has 0 aliphatic carbocycles. The van der Waals surface area contributed by atoms with Crippen LogP contribution in [0.4, 0.5) is 0 Å². The lowest BCUT2D eigenvalue weighted by atomic mass is 9.96. The number of benzene rings is 1. The largest absolute Gasteiger partial charge is 0.485 e. The number of ether oxygens (including phenoxy) is 1. The number of piperidine rings is 1. The maximum Gasteiger partial charge on any atom is 0.257 e. The Hall–Kier alpha value is -2.90. The van der Waals surface area contributed by atoms with Crippen LogP contribution < -0.4 is 10.5 Å². The van der Waals surface area contributed by atoms with Crippen molar-refractivity contribution in [3.8, 4) is 5.75 Å².